The van der Waals surface area contributed by atoms with Gasteiger partial charge in [-0.3, -0.25) is 0 Å². The number of methoxy groups -OCH3 is 1. The van der Waals surface area contributed by atoms with Gasteiger partial charge in [-0.2, -0.15) is 0 Å². The van der Waals surface area contributed by atoms with E-state index in [1.54, 1.807) is 7.11 Å². The number of nitrogens with one attached hydrogen (secondary N) is 1. The van der Waals surface area contributed by atoms with Crippen LogP contribution in [-0.2, 0) is 0 Å². The van der Waals surface area contributed by atoms with Gasteiger partial charge in [-0.1, -0.05) is 23.7 Å². The summed E-state index contributed by atoms with van der Waals surface area (Å²) in [6.07, 6.45) is 0. The van der Waals surface area contributed by atoms with Crippen LogP contribution in [0.4, 0.5) is 0 Å². The Morgan fingerprint density at radius 2 is 1.65 bits per heavy atom. The van der Waals surface area contributed by atoms with Crippen molar-refractivity contribution in [1.82, 2.24) is 5.32 Å². The molecule has 1 N–H and O–H groups in total. The number of halogens is 3. The molecule has 1 atom stereocenters. The first-order valence-electron chi connectivity index (χ1n) is 6.02. The van der Waals surface area contributed by atoms with Gasteiger partial charge in [0.2, 0.25) is 0 Å². The fourth-order valence-electron chi connectivity index (χ4n) is 2.08. The quantitative estimate of drug-likeness (QED) is 0.737. The third-order valence-corrected chi connectivity index (χ3v) is 4.91. The van der Waals surface area contributed by atoms with Gasteiger partial charge in [0.25, 0.3) is 0 Å². The van der Waals surface area contributed by atoms with Crippen LogP contribution in [0.1, 0.15) is 17.2 Å². The third kappa shape index (κ3) is 3.37. The first-order chi connectivity index (χ1) is 9.56. The van der Waals surface area contributed by atoms with E-state index < -0.39 is 0 Å². The van der Waals surface area contributed by atoms with Gasteiger partial charge in [0, 0.05) is 4.47 Å². The second-order valence-electron chi connectivity index (χ2n) is 4.29. The molecule has 0 bridgehead atoms. The summed E-state index contributed by atoms with van der Waals surface area (Å²) in [6, 6.07) is 12.1. The zero-order chi connectivity index (χ0) is 14.7. The maximum absolute atomic E-state index is 6.05. The zero-order valence-electron chi connectivity index (χ0n) is 11.1. The van der Waals surface area contributed by atoms with E-state index in [9.17, 15) is 0 Å². The Labute approximate surface area is 140 Å². The SMILES string of the molecule is CNC(c1ccc(Cl)c(Br)c1)c1ccc(OC)c(Br)c1. The molecular weight excluding hydrogens is 405 g/mol. The molecule has 1 unspecified atom stereocenters. The molecule has 2 aromatic rings. The summed E-state index contributed by atoms with van der Waals surface area (Å²) in [5.74, 6) is 0.820. The van der Waals surface area contributed by atoms with Gasteiger partial charge in [0.15, 0.2) is 0 Å². The molecule has 2 nitrogen and oxygen atoms in total. The van der Waals surface area contributed by atoms with Crippen molar-refractivity contribution in [1.29, 1.82) is 0 Å². The fourth-order valence-corrected chi connectivity index (χ4v) is 3.15. The van der Waals surface area contributed by atoms with Crippen molar-refractivity contribution in [2.24, 2.45) is 0 Å². The van der Waals surface area contributed by atoms with E-state index in [0.717, 1.165) is 25.8 Å². The molecule has 2 aromatic carbocycles. The van der Waals surface area contributed by atoms with Crippen molar-refractivity contribution in [3.63, 3.8) is 0 Å². The fraction of sp³-hybridized carbons (Fsp3) is 0.200. The lowest BCUT2D eigenvalue weighted by Crippen LogP contribution is -2.17. The number of hydrogen-bond acceptors (Lipinski definition) is 2. The molecule has 0 spiro atoms. The van der Waals surface area contributed by atoms with Crippen LogP contribution in [0.25, 0.3) is 0 Å². The molecule has 0 radical (unpaired) electrons. The molecule has 0 heterocycles. The molecule has 0 aliphatic carbocycles. The highest BCUT2D eigenvalue weighted by molar-refractivity contribution is 9.10. The van der Waals surface area contributed by atoms with E-state index in [1.165, 1.54) is 0 Å². The van der Waals surface area contributed by atoms with Crippen LogP contribution < -0.4 is 10.1 Å². The van der Waals surface area contributed by atoms with Crippen LogP contribution in [0, 0.1) is 0 Å². The first-order valence-corrected chi connectivity index (χ1v) is 7.99. The van der Waals surface area contributed by atoms with Crippen LogP contribution in [-0.4, -0.2) is 14.2 Å². The second kappa shape index (κ2) is 6.94. The molecule has 0 saturated carbocycles. The maximum Gasteiger partial charge on any atom is 0.133 e. The van der Waals surface area contributed by atoms with Crippen LogP contribution in [0.3, 0.4) is 0 Å². The van der Waals surface area contributed by atoms with Crippen LogP contribution >= 0.6 is 43.5 Å². The molecule has 5 heteroatoms. The van der Waals surface area contributed by atoms with Gasteiger partial charge in [0.05, 0.1) is 22.6 Å². The van der Waals surface area contributed by atoms with Gasteiger partial charge in [0.1, 0.15) is 5.75 Å². The van der Waals surface area contributed by atoms with E-state index in [2.05, 4.69) is 43.2 Å². The summed E-state index contributed by atoms with van der Waals surface area (Å²) in [6.45, 7) is 0. The minimum Gasteiger partial charge on any atom is -0.496 e. The summed E-state index contributed by atoms with van der Waals surface area (Å²) in [4.78, 5) is 0. The zero-order valence-corrected chi connectivity index (χ0v) is 15.0. The van der Waals surface area contributed by atoms with Crippen molar-refractivity contribution in [3.05, 3.63) is 61.5 Å². The lowest BCUT2D eigenvalue weighted by molar-refractivity contribution is 0.412. The average molecular weight is 420 g/mol. The lowest BCUT2D eigenvalue weighted by Gasteiger charge is -2.19. The normalized spacial score (nSPS) is 12.2. The Kier molecular flexibility index (Phi) is 5.49. The predicted molar refractivity (Wildman–Crippen MR) is 90.7 cm³/mol. The molecule has 2 rings (SSSR count). The summed E-state index contributed by atoms with van der Waals surface area (Å²) < 4.78 is 7.09. The van der Waals surface area contributed by atoms with E-state index in [1.807, 2.05) is 37.4 Å². The molecular formula is C15H14Br2ClNO. The number of benzene rings is 2. The summed E-state index contributed by atoms with van der Waals surface area (Å²) >= 11 is 13.0. The summed E-state index contributed by atoms with van der Waals surface area (Å²) in [5.41, 5.74) is 2.29. The Morgan fingerprint density at radius 1 is 1.05 bits per heavy atom. The minimum atomic E-state index is 0.0887. The number of hydrogen-bond donors (Lipinski definition) is 1. The molecule has 0 saturated heterocycles. The van der Waals surface area contributed by atoms with Crippen molar-refractivity contribution in [2.45, 2.75) is 6.04 Å². The van der Waals surface area contributed by atoms with Gasteiger partial charge in [-0.25, -0.2) is 0 Å². The van der Waals surface area contributed by atoms with Crippen molar-refractivity contribution >= 4 is 43.5 Å². The van der Waals surface area contributed by atoms with Crippen LogP contribution in [0.2, 0.25) is 5.02 Å². The Hall–Kier alpha value is -0.550. The van der Waals surface area contributed by atoms with E-state index >= 15 is 0 Å². The largest absolute Gasteiger partial charge is 0.496 e. The Balaban J connectivity index is 2.41. The predicted octanol–water partition coefficient (Wildman–Crippen LogP) is 5.18. The Bertz CT molecular complexity index is 619. The van der Waals surface area contributed by atoms with Crippen molar-refractivity contribution in [3.8, 4) is 5.75 Å². The monoisotopic (exact) mass is 417 g/mol. The molecule has 0 fully saturated rings. The number of rotatable bonds is 4. The van der Waals surface area contributed by atoms with Crippen LogP contribution in [0.15, 0.2) is 45.3 Å². The third-order valence-electron chi connectivity index (χ3n) is 3.07. The molecule has 0 aromatic heterocycles. The molecule has 0 aliphatic rings. The average Bonchev–Trinajstić information content (AvgIpc) is 2.44. The molecule has 106 valence electrons. The van der Waals surface area contributed by atoms with Gasteiger partial charge < -0.3 is 10.1 Å². The van der Waals surface area contributed by atoms with E-state index in [-0.39, 0.29) is 6.04 Å². The van der Waals surface area contributed by atoms with E-state index in [4.69, 9.17) is 16.3 Å². The van der Waals surface area contributed by atoms with Crippen molar-refractivity contribution in [2.75, 3.05) is 14.2 Å². The number of ether oxygens (including phenoxy) is 1. The van der Waals surface area contributed by atoms with Crippen molar-refractivity contribution < 1.29 is 4.74 Å². The smallest absolute Gasteiger partial charge is 0.133 e. The van der Waals surface area contributed by atoms with Crippen LogP contribution in [0.5, 0.6) is 5.75 Å². The highest BCUT2D eigenvalue weighted by Crippen LogP contribution is 2.32. The molecule has 0 amide bonds. The van der Waals surface area contributed by atoms with Gasteiger partial charge >= 0.3 is 0 Å². The lowest BCUT2D eigenvalue weighted by atomic mass is 9.99. The Morgan fingerprint density at radius 3 is 2.15 bits per heavy atom. The molecule has 20 heavy (non-hydrogen) atoms. The maximum atomic E-state index is 6.05. The molecule has 0 aliphatic heterocycles. The van der Waals surface area contributed by atoms with Gasteiger partial charge in [-0.15, -0.1) is 0 Å². The summed E-state index contributed by atoms with van der Waals surface area (Å²) in [7, 11) is 3.59. The first kappa shape index (κ1) is 15.8. The standard InChI is InChI=1S/C15H14Br2ClNO/c1-19-15(9-3-5-13(18)11(16)7-9)10-4-6-14(20-2)12(17)8-10/h3-8,15,19H,1-2H3. The highest BCUT2D eigenvalue weighted by atomic mass is 79.9. The topological polar surface area (TPSA) is 21.3 Å². The highest BCUT2D eigenvalue weighted by Gasteiger charge is 2.14. The minimum absolute atomic E-state index is 0.0887. The van der Waals surface area contributed by atoms with Gasteiger partial charge in [-0.05, 0) is 74.3 Å². The van der Waals surface area contributed by atoms with E-state index in [0.29, 0.717) is 5.02 Å². The second-order valence-corrected chi connectivity index (χ2v) is 6.41. The summed E-state index contributed by atoms with van der Waals surface area (Å²) in [5, 5.41) is 4.03.